The van der Waals surface area contributed by atoms with Crippen molar-refractivity contribution in [1.29, 1.82) is 0 Å². The van der Waals surface area contributed by atoms with Crippen molar-refractivity contribution >= 4 is 18.3 Å². The van der Waals surface area contributed by atoms with Crippen molar-refractivity contribution in [2.24, 2.45) is 0 Å². The van der Waals surface area contributed by atoms with E-state index in [9.17, 15) is 9.18 Å². The summed E-state index contributed by atoms with van der Waals surface area (Å²) in [5.74, 6) is 5.45. The Hall–Kier alpha value is -2.58. The minimum Gasteiger partial charge on any atom is -0.495 e. The highest BCUT2D eigenvalue weighted by Crippen LogP contribution is 2.13. The van der Waals surface area contributed by atoms with Crippen LogP contribution in [0, 0.1) is 17.7 Å². The number of hydrogen-bond donors (Lipinski definition) is 0. The number of pyridine rings is 1. The summed E-state index contributed by atoms with van der Waals surface area (Å²) in [4.78, 5) is 17.2. The van der Waals surface area contributed by atoms with Gasteiger partial charge < -0.3 is 9.64 Å². The van der Waals surface area contributed by atoms with Gasteiger partial charge in [0.05, 0.1) is 18.9 Å². The zero-order valence-corrected chi connectivity index (χ0v) is 13.8. The van der Waals surface area contributed by atoms with E-state index < -0.39 is 11.7 Å². The van der Waals surface area contributed by atoms with Crippen molar-refractivity contribution in [1.82, 2.24) is 9.88 Å². The molecule has 0 radical (unpaired) electrons. The number of halogens is 2. The second kappa shape index (κ2) is 8.16. The van der Waals surface area contributed by atoms with Gasteiger partial charge in [0.25, 0.3) is 5.91 Å². The number of carbonyl (C=O) groups is 1. The van der Waals surface area contributed by atoms with Crippen molar-refractivity contribution in [3.8, 4) is 17.6 Å². The van der Waals surface area contributed by atoms with Crippen LogP contribution in [0.2, 0.25) is 0 Å². The molecule has 4 nitrogen and oxygen atoms in total. The normalized spacial score (nSPS) is 9.22. The average Bonchev–Trinajstić information content (AvgIpc) is 2.53. The Kier molecular flexibility index (Phi) is 6.55. The summed E-state index contributed by atoms with van der Waals surface area (Å²) in [5.41, 5.74) is 1.22. The number of hydrogen-bond acceptors (Lipinski definition) is 3. The summed E-state index contributed by atoms with van der Waals surface area (Å²) in [6, 6.07) is 5.96. The number of aromatic nitrogens is 1. The average molecular weight is 335 g/mol. The van der Waals surface area contributed by atoms with Crippen LogP contribution in [-0.4, -0.2) is 37.0 Å². The first-order valence-corrected chi connectivity index (χ1v) is 6.53. The molecular formula is C17H16ClFN2O2. The molecule has 0 atom stereocenters. The predicted molar refractivity (Wildman–Crippen MR) is 88.4 cm³/mol. The third-order valence-corrected chi connectivity index (χ3v) is 2.90. The minimum atomic E-state index is -0.563. The molecule has 0 saturated carbocycles. The third-order valence-electron chi connectivity index (χ3n) is 2.90. The van der Waals surface area contributed by atoms with Crippen molar-refractivity contribution in [3.05, 3.63) is 59.2 Å². The Labute approximate surface area is 140 Å². The van der Waals surface area contributed by atoms with E-state index in [1.165, 1.54) is 23.1 Å². The second-order valence-electron chi connectivity index (χ2n) is 4.76. The van der Waals surface area contributed by atoms with E-state index in [-0.39, 0.29) is 18.0 Å². The molecule has 0 bridgehead atoms. The van der Waals surface area contributed by atoms with Gasteiger partial charge in [-0.25, -0.2) is 4.39 Å². The summed E-state index contributed by atoms with van der Waals surface area (Å²) in [6.45, 7) is 0. The monoisotopic (exact) mass is 334 g/mol. The lowest BCUT2D eigenvalue weighted by molar-refractivity contribution is 0.0823. The minimum absolute atomic E-state index is 0. The molecule has 1 aromatic heterocycles. The van der Waals surface area contributed by atoms with E-state index >= 15 is 0 Å². The lowest BCUT2D eigenvalue weighted by Gasteiger charge is -2.10. The fourth-order valence-electron chi connectivity index (χ4n) is 1.75. The van der Waals surface area contributed by atoms with Gasteiger partial charge in [-0.15, -0.1) is 12.4 Å². The van der Waals surface area contributed by atoms with Crippen LogP contribution in [0.3, 0.4) is 0 Å². The summed E-state index contributed by atoms with van der Waals surface area (Å²) < 4.78 is 18.8. The van der Waals surface area contributed by atoms with Gasteiger partial charge in [-0.3, -0.25) is 9.78 Å². The highest BCUT2D eigenvalue weighted by atomic mass is 35.5. The molecule has 0 N–H and O–H groups in total. The Morgan fingerprint density at radius 3 is 2.52 bits per heavy atom. The molecule has 0 fully saturated rings. The maximum Gasteiger partial charge on any atom is 0.256 e. The SMILES string of the molecule is COc1cncc(C#Cc2ccc(F)c(C(=O)N(C)C)c2)c1.Cl. The molecule has 0 aliphatic heterocycles. The Morgan fingerprint density at radius 1 is 1.17 bits per heavy atom. The summed E-state index contributed by atoms with van der Waals surface area (Å²) in [5, 5.41) is 0. The molecule has 0 spiro atoms. The molecule has 0 aliphatic carbocycles. The fourth-order valence-corrected chi connectivity index (χ4v) is 1.75. The van der Waals surface area contributed by atoms with Crippen LogP contribution in [-0.2, 0) is 0 Å². The first kappa shape index (κ1) is 18.5. The molecular weight excluding hydrogens is 319 g/mol. The Morgan fingerprint density at radius 2 is 1.87 bits per heavy atom. The topological polar surface area (TPSA) is 42.4 Å². The predicted octanol–water partition coefficient (Wildman–Crippen LogP) is 2.75. The molecule has 2 aromatic rings. The van der Waals surface area contributed by atoms with Crippen LogP contribution < -0.4 is 4.74 Å². The molecule has 1 amide bonds. The first-order valence-electron chi connectivity index (χ1n) is 6.53. The van der Waals surface area contributed by atoms with E-state index in [2.05, 4.69) is 16.8 Å². The number of amides is 1. The molecule has 23 heavy (non-hydrogen) atoms. The van der Waals surface area contributed by atoms with Crippen LogP contribution in [0.1, 0.15) is 21.5 Å². The van der Waals surface area contributed by atoms with Crippen LogP contribution in [0.25, 0.3) is 0 Å². The molecule has 1 heterocycles. The van der Waals surface area contributed by atoms with Gasteiger partial charge in [0, 0.05) is 31.4 Å². The quantitative estimate of drug-likeness (QED) is 0.793. The third kappa shape index (κ3) is 4.70. The van der Waals surface area contributed by atoms with Gasteiger partial charge in [-0.2, -0.15) is 0 Å². The molecule has 0 unspecified atom stereocenters. The van der Waals surface area contributed by atoms with Crippen molar-refractivity contribution < 1.29 is 13.9 Å². The number of benzene rings is 1. The largest absolute Gasteiger partial charge is 0.495 e. The van der Waals surface area contributed by atoms with Gasteiger partial charge in [-0.1, -0.05) is 11.8 Å². The number of methoxy groups -OCH3 is 1. The zero-order chi connectivity index (χ0) is 16.1. The molecule has 0 aliphatic rings. The number of carbonyl (C=O) groups excluding carboxylic acids is 1. The van der Waals surface area contributed by atoms with Crippen molar-refractivity contribution in [3.63, 3.8) is 0 Å². The van der Waals surface area contributed by atoms with E-state index in [1.807, 2.05) is 0 Å². The van der Waals surface area contributed by atoms with Gasteiger partial charge >= 0.3 is 0 Å². The lowest BCUT2D eigenvalue weighted by Crippen LogP contribution is -2.22. The lowest BCUT2D eigenvalue weighted by atomic mass is 10.1. The van der Waals surface area contributed by atoms with Crippen molar-refractivity contribution in [2.45, 2.75) is 0 Å². The molecule has 120 valence electrons. The highest BCUT2D eigenvalue weighted by Gasteiger charge is 2.13. The van der Waals surface area contributed by atoms with Crippen LogP contribution >= 0.6 is 12.4 Å². The van der Waals surface area contributed by atoms with Crippen LogP contribution in [0.4, 0.5) is 4.39 Å². The summed E-state index contributed by atoms with van der Waals surface area (Å²) in [7, 11) is 4.69. The van der Waals surface area contributed by atoms with Crippen LogP contribution in [0.5, 0.6) is 5.75 Å². The second-order valence-corrected chi connectivity index (χ2v) is 4.76. The fraction of sp³-hybridized carbons (Fsp3) is 0.176. The number of nitrogens with zero attached hydrogens (tertiary/aromatic N) is 2. The van der Waals surface area contributed by atoms with Crippen molar-refractivity contribution in [2.75, 3.05) is 21.2 Å². The highest BCUT2D eigenvalue weighted by molar-refractivity contribution is 5.94. The maximum absolute atomic E-state index is 13.7. The van der Waals surface area contributed by atoms with Gasteiger partial charge in [0.15, 0.2) is 0 Å². The smallest absolute Gasteiger partial charge is 0.256 e. The maximum atomic E-state index is 13.7. The van der Waals surface area contributed by atoms with Gasteiger partial charge in [0.1, 0.15) is 11.6 Å². The number of rotatable bonds is 2. The van der Waals surface area contributed by atoms with Gasteiger partial charge in [-0.05, 0) is 24.3 Å². The summed E-state index contributed by atoms with van der Waals surface area (Å²) in [6.07, 6.45) is 3.18. The zero-order valence-electron chi connectivity index (χ0n) is 13.0. The van der Waals surface area contributed by atoms with E-state index in [1.54, 1.807) is 39.7 Å². The molecule has 2 rings (SSSR count). The Balaban J connectivity index is 0.00000264. The summed E-state index contributed by atoms with van der Waals surface area (Å²) >= 11 is 0. The van der Waals surface area contributed by atoms with E-state index in [0.717, 1.165) is 0 Å². The van der Waals surface area contributed by atoms with E-state index in [4.69, 9.17) is 4.74 Å². The first-order chi connectivity index (χ1) is 10.5. The van der Waals surface area contributed by atoms with Gasteiger partial charge in [0.2, 0.25) is 0 Å². The number of ether oxygens (including phenoxy) is 1. The molecule has 6 heteroatoms. The Bertz CT molecular complexity index is 767. The molecule has 1 aromatic carbocycles. The van der Waals surface area contributed by atoms with Crippen LogP contribution in [0.15, 0.2) is 36.7 Å². The molecule has 0 saturated heterocycles. The standard InChI is InChI=1S/C17H15FN2O2.ClH/c1-20(2)17(21)15-9-12(6-7-16(15)18)4-5-13-8-14(22-3)11-19-10-13;/h6-11H,1-3H3;1H. The van der Waals surface area contributed by atoms with E-state index in [0.29, 0.717) is 16.9 Å².